The summed E-state index contributed by atoms with van der Waals surface area (Å²) in [6.07, 6.45) is 5.15. The third-order valence-corrected chi connectivity index (χ3v) is 6.12. The summed E-state index contributed by atoms with van der Waals surface area (Å²) < 4.78 is 25.6. The van der Waals surface area contributed by atoms with Gasteiger partial charge in [0.1, 0.15) is 0 Å². The predicted molar refractivity (Wildman–Crippen MR) is 113 cm³/mol. The molecule has 1 atom stereocenters. The van der Waals surface area contributed by atoms with Gasteiger partial charge in [-0.3, -0.25) is 9.71 Å². The molecule has 1 unspecified atom stereocenters. The summed E-state index contributed by atoms with van der Waals surface area (Å²) in [7, 11) is 1.58. The highest BCUT2D eigenvalue weighted by atomic mass is 32.2. The first kappa shape index (κ1) is 21.7. The fourth-order valence-electron chi connectivity index (χ4n) is 2.99. The Labute approximate surface area is 173 Å². The maximum atomic E-state index is 13.9. The number of H-pyrrole nitrogens is 1. The molecular weight excluding hydrogens is 395 g/mol. The molecule has 0 amide bonds. The fraction of sp³-hybridized carbons (Fsp3) is 0.600. The van der Waals surface area contributed by atoms with Gasteiger partial charge >= 0.3 is 11.4 Å². The largest absolute Gasteiger partial charge is 0.490 e. The Kier molecular flexibility index (Phi) is 7.60. The van der Waals surface area contributed by atoms with Crippen molar-refractivity contribution in [1.29, 1.82) is 0 Å². The number of halogens is 1. The van der Waals surface area contributed by atoms with Crippen molar-refractivity contribution in [3.63, 3.8) is 0 Å². The highest BCUT2D eigenvalue weighted by Gasteiger charge is 2.22. The molecule has 2 N–H and O–H groups in total. The van der Waals surface area contributed by atoms with Gasteiger partial charge in [-0.05, 0) is 56.2 Å². The van der Waals surface area contributed by atoms with Crippen LogP contribution in [0.1, 0.15) is 50.6 Å². The molecule has 1 aromatic heterocycles. The Morgan fingerprint density at radius 2 is 2.07 bits per heavy atom. The third-order valence-electron chi connectivity index (χ3n) is 5.11. The number of unbranched alkanes of at least 4 members (excludes halogenated alkanes) is 2. The van der Waals surface area contributed by atoms with Crippen LogP contribution in [0.25, 0.3) is 0 Å². The van der Waals surface area contributed by atoms with Gasteiger partial charge < -0.3 is 4.74 Å². The number of aromatic nitrogens is 3. The van der Waals surface area contributed by atoms with Gasteiger partial charge in [0.25, 0.3) is 0 Å². The van der Waals surface area contributed by atoms with Crippen LogP contribution in [0.5, 0.6) is 5.75 Å². The van der Waals surface area contributed by atoms with Crippen LogP contribution in [0.2, 0.25) is 0 Å². The van der Waals surface area contributed by atoms with Gasteiger partial charge in [0.2, 0.25) is 0 Å². The van der Waals surface area contributed by atoms with E-state index >= 15 is 0 Å². The minimum Gasteiger partial charge on any atom is -0.490 e. The van der Waals surface area contributed by atoms with Crippen LogP contribution in [0.4, 0.5) is 4.39 Å². The van der Waals surface area contributed by atoms with Crippen molar-refractivity contribution in [2.45, 2.75) is 51.6 Å². The minimum atomic E-state index is -0.384. The molecule has 9 heteroatoms. The maximum Gasteiger partial charge on any atom is 0.344 e. The van der Waals surface area contributed by atoms with Gasteiger partial charge in [0.05, 0.1) is 6.61 Å². The molecule has 0 aliphatic heterocycles. The van der Waals surface area contributed by atoms with Gasteiger partial charge in [-0.15, -0.1) is 0 Å². The van der Waals surface area contributed by atoms with Crippen molar-refractivity contribution in [2.75, 3.05) is 12.4 Å². The summed E-state index contributed by atoms with van der Waals surface area (Å²) >= 11 is 1.64. The van der Waals surface area contributed by atoms with Crippen molar-refractivity contribution in [1.82, 2.24) is 19.1 Å². The number of hydrogen-bond donors (Lipinski definition) is 2. The lowest BCUT2D eigenvalue weighted by Crippen LogP contribution is -2.24. The smallest absolute Gasteiger partial charge is 0.344 e. The molecular formula is C20H29FN4O3S. The maximum absolute atomic E-state index is 13.9. The van der Waals surface area contributed by atoms with E-state index in [4.69, 9.17) is 4.74 Å². The second-order valence-corrected chi connectivity index (χ2v) is 8.51. The SMILES string of the molecule is CC(NSCCCCCn1c(=O)[nH]c(=O)n1C)c1ccc(F)c(OCC2CC2)c1. The van der Waals surface area contributed by atoms with Crippen molar-refractivity contribution in [3.8, 4) is 5.75 Å². The van der Waals surface area contributed by atoms with Crippen LogP contribution in [0, 0.1) is 11.7 Å². The Bertz CT molecular complexity index is 919. The summed E-state index contributed by atoms with van der Waals surface area (Å²) in [4.78, 5) is 25.2. The van der Waals surface area contributed by atoms with Crippen molar-refractivity contribution in [3.05, 3.63) is 50.5 Å². The summed E-state index contributed by atoms with van der Waals surface area (Å²) in [6.45, 7) is 3.17. The van der Waals surface area contributed by atoms with Gasteiger partial charge in [0.15, 0.2) is 11.6 Å². The van der Waals surface area contributed by atoms with E-state index in [1.165, 1.54) is 28.3 Å². The Balaban J connectivity index is 1.34. The summed E-state index contributed by atoms with van der Waals surface area (Å²) in [5, 5.41) is 0. The number of hydrogen-bond acceptors (Lipinski definition) is 5. The van der Waals surface area contributed by atoms with Gasteiger partial charge in [0, 0.05) is 25.4 Å². The molecule has 0 bridgehead atoms. The predicted octanol–water partition coefficient (Wildman–Crippen LogP) is 2.97. The molecule has 1 heterocycles. The molecule has 0 spiro atoms. The van der Waals surface area contributed by atoms with Crippen LogP contribution < -0.4 is 20.8 Å². The van der Waals surface area contributed by atoms with E-state index in [9.17, 15) is 14.0 Å². The zero-order valence-corrected chi connectivity index (χ0v) is 17.8. The molecule has 0 radical (unpaired) electrons. The third kappa shape index (κ3) is 6.24. The van der Waals surface area contributed by atoms with E-state index in [0.717, 1.165) is 30.6 Å². The van der Waals surface area contributed by atoms with Crippen molar-refractivity contribution >= 4 is 11.9 Å². The first-order valence-corrected chi connectivity index (χ1v) is 11.1. The van der Waals surface area contributed by atoms with E-state index in [1.807, 2.05) is 6.92 Å². The van der Waals surface area contributed by atoms with Gasteiger partial charge in [-0.25, -0.2) is 23.3 Å². The molecule has 29 heavy (non-hydrogen) atoms. The zero-order valence-electron chi connectivity index (χ0n) is 16.9. The standard InChI is InChI=1S/C20H29FN4O3S/c1-14(16-8-9-17(21)18(12-16)28-13-15-6-7-15)23-29-11-5-3-4-10-25-20(27)22-19(26)24(25)2/h8-9,12,14-15,23H,3-7,10-11,13H2,1-2H3,(H,22,26,27). The van der Waals surface area contributed by atoms with Crippen LogP contribution in [0.3, 0.4) is 0 Å². The molecule has 1 fully saturated rings. The zero-order chi connectivity index (χ0) is 20.8. The molecule has 1 aromatic carbocycles. The normalized spacial score (nSPS) is 14.9. The summed E-state index contributed by atoms with van der Waals surface area (Å²) in [5.41, 5.74) is 0.255. The number of aromatic amines is 1. The average molecular weight is 425 g/mol. The Morgan fingerprint density at radius 3 is 2.76 bits per heavy atom. The number of benzene rings is 1. The quantitative estimate of drug-likeness (QED) is 0.404. The van der Waals surface area contributed by atoms with E-state index < -0.39 is 0 Å². The van der Waals surface area contributed by atoms with Crippen molar-refractivity contribution < 1.29 is 9.13 Å². The lowest BCUT2D eigenvalue weighted by atomic mass is 10.1. The first-order chi connectivity index (χ1) is 14.0. The molecule has 0 saturated heterocycles. The Hall–Kier alpha value is -2.00. The first-order valence-electron chi connectivity index (χ1n) is 10.1. The van der Waals surface area contributed by atoms with Crippen LogP contribution in [-0.2, 0) is 13.6 Å². The molecule has 3 rings (SSSR count). The molecule has 7 nitrogen and oxygen atoms in total. The number of ether oxygens (including phenoxy) is 1. The fourth-order valence-corrected chi connectivity index (χ4v) is 3.84. The lowest BCUT2D eigenvalue weighted by Gasteiger charge is -2.15. The molecule has 160 valence electrons. The van der Waals surface area contributed by atoms with E-state index in [0.29, 0.717) is 24.8 Å². The summed E-state index contributed by atoms with van der Waals surface area (Å²) in [5.74, 6) is 1.54. The van der Waals surface area contributed by atoms with Crippen LogP contribution >= 0.6 is 11.9 Å². The highest BCUT2D eigenvalue weighted by Crippen LogP contribution is 2.31. The van der Waals surface area contributed by atoms with E-state index in [-0.39, 0.29) is 23.2 Å². The number of rotatable bonds is 12. The van der Waals surface area contributed by atoms with E-state index in [2.05, 4.69) is 9.71 Å². The Morgan fingerprint density at radius 1 is 1.28 bits per heavy atom. The lowest BCUT2D eigenvalue weighted by molar-refractivity contribution is 0.285. The molecule has 1 aliphatic carbocycles. The monoisotopic (exact) mass is 424 g/mol. The van der Waals surface area contributed by atoms with Gasteiger partial charge in [-0.1, -0.05) is 24.4 Å². The van der Waals surface area contributed by atoms with E-state index in [1.54, 1.807) is 31.1 Å². The number of nitrogens with one attached hydrogen (secondary N) is 2. The number of nitrogens with zero attached hydrogens (tertiary/aromatic N) is 2. The second kappa shape index (κ2) is 10.2. The highest BCUT2D eigenvalue weighted by molar-refractivity contribution is 7.97. The minimum absolute atomic E-state index is 0.0804. The molecule has 1 aliphatic rings. The molecule has 2 aromatic rings. The molecule has 1 saturated carbocycles. The van der Waals surface area contributed by atoms with Crippen molar-refractivity contribution in [2.24, 2.45) is 13.0 Å². The topological polar surface area (TPSA) is 81.0 Å². The van der Waals surface area contributed by atoms with Gasteiger partial charge in [-0.2, -0.15) is 0 Å². The average Bonchev–Trinajstić information content (AvgIpc) is 3.49. The van der Waals surface area contributed by atoms with Crippen LogP contribution in [0.15, 0.2) is 27.8 Å². The second-order valence-electron chi connectivity index (χ2n) is 7.57. The van der Waals surface area contributed by atoms with Crippen LogP contribution in [-0.4, -0.2) is 26.7 Å². The summed E-state index contributed by atoms with van der Waals surface area (Å²) in [6, 6.07) is 5.12.